The number of carbonyl (C=O) groups excluding carboxylic acids is 2. The van der Waals surface area contributed by atoms with E-state index in [4.69, 9.17) is 15.2 Å². The van der Waals surface area contributed by atoms with Crippen molar-refractivity contribution >= 4 is 20.9 Å². The summed E-state index contributed by atoms with van der Waals surface area (Å²) in [5, 5.41) is 0.397. The quantitative estimate of drug-likeness (QED) is 0.597. The fourth-order valence-electron chi connectivity index (χ4n) is 2.28. The number of rotatable bonds is 3. The largest absolute Gasteiger partial charge is 0.448 e. The van der Waals surface area contributed by atoms with Crippen LogP contribution in [0.15, 0.2) is 0 Å². The molecule has 3 N–H and O–H groups in total. The summed E-state index contributed by atoms with van der Waals surface area (Å²) in [6, 6.07) is -0.795. The minimum Gasteiger partial charge on any atom is -0.448 e. The fraction of sp³-hybridized carbons (Fsp3) is 0.818. The second kappa shape index (κ2) is 6.76. The molecule has 0 aromatic rings. The fourth-order valence-corrected chi connectivity index (χ4v) is 4.20. The van der Waals surface area contributed by atoms with Crippen LogP contribution in [0.4, 0.5) is 9.59 Å². The molecule has 0 aromatic heterocycles. The Labute approximate surface area is 115 Å². The SMILES string of the molecule is CCOC(=O)N(NC(N)=O)C1([SiH](C)C)CCCCO1. The highest BCUT2D eigenvalue weighted by Gasteiger charge is 2.47. The van der Waals surface area contributed by atoms with Crippen molar-refractivity contribution in [2.24, 2.45) is 5.73 Å². The van der Waals surface area contributed by atoms with Crippen LogP contribution in [0.2, 0.25) is 13.1 Å². The molecule has 1 unspecified atom stereocenters. The van der Waals surface area contributed by atoms with Crippen molar-refractivity contribution in [3.05, 3.63) is 0 Å². The molecule has 1 atom stereocenters. The maximum Gasteiger partial charge on any atom is 0.431 e. The Balaban J connectivity index is 3.02. The number of amides is 3. The zero-order chi connectivity index (χ0) is 14.5. The number of primary amides is 1. The first-order valence-electron chi connectivity index (χ1n) is 6.61. The highest BCUT2D eigenvalue weighted by Crippen LogP contribution is 2.31. The molecule has 0 spiro atoms. The maximum atomic E-state index is 12.1. The molecule has 8 heteroatoms. The van der Waals surface area contributed by atoms with E-state index in [2.05, 4.69) is 18.5 Å². The Kier molecular flexibility index (Phi) is 5.61. The van der Waals surface area contributed by atoms with Crippen molar-refractivity contribution in [2.45, 2.75) is 44.6 Å². The van der Waals surface area contributed by atoms with Gasteiger partial charge in [-0.25, -0.2) is 15.0 Å². The third kappa shape index (κ3) is 3.60. The molecule has 1 aliphatic heterocycles. The van der Waals surface area contributed by atoms with Crippen LogP contribution in [0.5, 0.6) is 0 Å². The lowest BCUT2D eigenvalue weighted by molar-refractivity contribution is -0.128. The second-order valence-electron chi connectivity index (χ2n) is 4.82. The molecule has 19 heavy (non-hydrogen) atoms. The minimum atomic E-state index is -1.45. The number of hydrogen-bond acceptors (Lipinski definition) is 4. The smallest absolute Gasteiger partial charge is 0.431 e. The van der Waals surface area contributed by atoms with E-state index in [9.17, 15) is 9.59 Å². The van der Waals surface area contributed by atoms with E-state index in [0.29, 0.717) is 13.0 Å². The minimum absolute atomic E-state index is 0.228. The number of nitrogens with one attached hydrogen (secondary N) is 1. The summed E-state index contributed by atoms with van der Waals surface area (Å²) in [7, 11) is -1.45. The Bertz CT molecular complexity index is 332. The number of nitrogens with zero attached hydrogens (tertiary/aromatic N) is 1. The van der Waals surface area contributed by atoms with E-state index in [1.165, 1.54) is 0 Å². The van der Waals surface area contributed by atoms with E-state index in [-0.39, 0.29) is 6.61 Å². The molecule has 0 saturated carbocycles. The van der Waals surface area contributed by atoms with Gasteiger partial charge in [-0.2, -0.15) is 5.01 Å². The van der Waals surface area contributed by atoms with Crippen molar-refractivity contribution in [2.75, 3.05) is 13.2 Å². The van der Waals surface area contributed by atoms with E-state index in [1.807, 2.05) is 0 Å². The molecule has 7 nitrogen and oxygen atoms in total. The third-order valence-electron chi connectivity index (χ3n) is 3.23. The van der Waals surface area contributed by atoms with Gasteiger partial charge in [0.25, 0.3) is 0 Å². The van der Waals surface area contributed by atoms with Crippen LogP contribution < -0.4 is 11.2 Å². The molecule has 0 aliphatic carbocycles. The van der Waals surface area contributed by atoms with Gasteiger partial charge < -0.3 is 15.2 Å². The third-order valence-corrected chi connectivity index (χ3v) is 5.75. The van der Waals surface area contributed by atoms with Crippen LogP contribution in [0, 0.1) is 0 Å². The number of ether oxygens (including phenoxy) is 2. The molecule has 1 aliphatic rings. The first-order chi connectivity index (χ1) is 8.94. The summed E-state index contributed by atoms with van der Waals surface area (Å²) < 4.78 is 10.9. The van der Waals surface area contributed by atoms with Gasteiger partial charge in [-0.3, -0.25) is 0 Å². The van der Waals surface area contributed by atoms with Crippen molar-refractivity contribution in [1.29, 1.82) is 0 Å². The van der Waals surface area contributed by atoms with Crippen molar-refractivity contribution < 1.29 is 19.1 Å². The van der Waals surface area contributed by atoms with Gasteiger partial charge in [0.1, 0.15) is 5.35 Å². The molecule has 1 fully saturated rings. The number of hydrazine groups is 1. The lowest BCUT2D eigenvalue weighted by atomic mass is 10.2. The normalized spacial score (nSPS) is 22.9. The molecule has 1 saturated heterocycles. The first-order valence-corrected chi connectivity index (χ1v) is 9.49. The summed E-state index contributed by atoms with van der Waals surface area (Å²) in [5.74, 6) is 0. The Hall–Kier alpha value is -1.28. The van der Waals surface area contributed by atoms with Crippen LogP contribution in [0.3, 0.4) is 0 Å². The van der Waals surface area contributed by atoms with E-state index in [0.717, 1.165) is 17.9 Å². The number of nitrogens with two attached hydrogens (primary N) is 1. The number of hydrogen-bond donors (Lipinski definition) is 2. The average Bonchev–Trinajstić information content (AvgIpc) is 2.36. The predicted molar refractivity (Wildman–Crippen MR) is 73.0 cm³/mol. The summed E-state index contributed by atoms with van der Waals surface area (Å²) in [6.07, 6.45) is 1.97. The lowest BCUT2D eigenvalue weighted by Gasteiger charge is -2.46. The molecule has 0 radical (unpaired) electrons. The zero-order valence-corrected chi connectivity index (χ0v) is 12.9. The standard InChI is InChI=1S/C11H23N3O4Si/c1-4-17-10(16)14(13-9(12)15)11(19(2)3)7-5-6-8-18-11/h19H,4-8H2,1-3H3,(H3,12,13,15). The summed E-state index contributed by atoms with van der Waals surface area (Å²) in [6.45, 7) is 6.65. The van der Waals surface area contributed by atoms with Gasteiger partial charge in [0.2, 0.25) is 0 Å². The van der Waals surface area contributed by atoms with Gasteiger partial charge in [-0.15, -0.1) is 0 Å². The highest BCUT2D eigenvalue weighted by atomic mass is 28.3. The topological polar surface area (TPSA) is 93.9 Å². The van der Waals surface area contributed by atoms with Gasteiger partial charge in [0.05, 0.1) is 15.4 Å². The van der Waals surface area contributed by atoms with E-state index >= 15 is 0 Å². The Morgan fingerprint density at radius 3 is 2.58 bits per heavy atom. The molecule has 1 heterocycles. The summed E-state index contributed by atoms with van der Waals surface area (Å²) in [5.41, 5.74) is 7.52. The molecule has 1 rings (SSSR count). The van der Waals surface area contributed by atoms with Gasteiger partial charge in [-0.1, -0.05) is 13.1 Å². The molecule has 0 aromatic carbocycles. The van der Waals surface area contributed by atoms with E-state index < -0.39 is 26.3 Å². The predicted octanol–water partition coefficient (Wildman–Crippen LogP) is 0.951. The lowest BCUT2D eigenvalue weighted by Crippen LogP contribution is -2.68. The van der Waals surface area contributed by atoms with Crippen molar-refractivity contribution in [1.82, 2.24) is 10.4 Å². The van der Waals surface area contributed by atoms with Gasteiger partial charge in [-0.05, 0) is 26.2 Å². The molecule has 110 valence electrons. The van der Waals surface area contributed by atoms with Crippen LogP contribution in [-0.4, -0.2) is 44.5 Å². The molecular weight excluding hydrogens is 266 g/mol. The number of carbonyl (C=O) groups is 2. The van der Waals surface area contributed by atoms with Gasteiger partial charge in [0, 0.05) is 6.61 Å². The summed E-state index contributed by atoms with van der Waals surface area (Å²) >= 11 is 0. The van der Waals surface area contributed by atoms with E-state index in [1.54, 1.807) is 6.92 Å². The van der Waals surface area contributed by atoms with Crippen LogP contribution in [-0.2, 0) is 9.47 Å². The number of urea groups is 1. The zero-order valence-electron chi connectivity index (χ0n) is 11.8. The first kappa shape index (κ1) is 15.8. The average molecular weight is 289 g/mol. The second-order valence-corrected chi connectivity index (χ2v) is 8.03. The van der Waals surface area contributed by atoms with Crippen molar-refractivity contribution in [3.63, 3.8) is 0 Å². The molecule has 0 bridgehead atoms. The van der Waals surface area contributed by atoms with Crippen molar-refractivity contribution in [3.8, 4) is 0 Å². The van der Waals surface area contributed by atoms with Crippen LogP contribution in [0.1, 0.15) is 26.2 Å². The maximum absolute atomic E-state index is 12.1. The Morgan fingerprint density at radius 2 is 2.16 bits per heavy atom. The van der Waals surface area contributed by atoms with Crippen LogP contribution >= 0.6 is 0 Å². The van der Waals surface area contributed by atoms with Crippen LogP contribution in [0.25, 0.3) is 0 Å². The summed E-state index contributed by atoms with van der Waals surface area (Å²) in [4.78, 5) is 23.2. The molecular formula is C11H23N3O4Si. The highest BCUT2D eigenvalue weighted by molar-refractivity contribution is 6.59. The monoisotopic (exact) mass is 289 g/mol. The van der Waals surface area contributed by atoms with Gasteiger partial charge in [0.15, 0.2) is 0 Å². The van der Waals surface area contributed by atoms with Gasteiger partial charge >= 0.3 is 12.1 Å². The molecule has 3 amide bonds. The Morgan fingerprint density at radius 1 is 1.47 bits per heavy atom.